The van der Waals surface area contributed by atoms with Gasteiger partial charge >= 0.3 is 0 Å². The van der Waals surface area contributed by atoms with E-state index in [1.807, 2.05) is 0 Å². The van der Waals surface area contributed by atoms with Crippen molar-refractivity contribution in [2.75, 3.05) is 6.54 Å². The highest BCUT2D eigenvalue weighted by Gasteiger charge is 2.26. The molecule has 0 bridgehead atoms. The SMILES string of the molecule is CCCC(CN)(CCC)NC(=N)N. The van der Waals surface area contributed by atoms with E-state index in [1.165, 1.54) is 0 Å². The summed E-state index contributed by atoms with van der Waals surface area (Å²) >= 11 is 0. The number of rotatable bonds is 6. The van der Waals surface area contributed by atoms with Crippen molar-refractivity contribution in [2.45, 2.75) is 45.1 Å². The number of nitrogens with two attached hydrogens (primary N) is 2. The Hall–Kier alpha value is -0.770. The molecule has 0 aromatic rings. The van der Waals surface area contributed by atoms with Gasteiger partial charge in [-0.15, -0.1) is 0 Å². The molecular formula is C9H22N4. The third-order valence-electron chi connectivity index (χ3n) is 2.25. The summed E-state index contributed by atoms with van der Waals surface area (Å²) in [5, 5.41) is 10.2. The van der Waals surface area contributed by atoms with Crippen molar-refractivity contribution < 1.29 is 0 Å². The van der Waals surface area contributed by atoms with Crippen molar-refractivity contribution in [3.63, 3.8) is 0 Å². The van der Waals surface area contributed by atoms with Gasteiger partial charge in [-0.3, -0.25) is 5.41 Å². The minimum Gasteiger partial charge on any atom is -0.370 e. The Balaban J connectivity index is 4.33. The normalized spacial score (nSPS) is 11.3. The molecule has 13 heavy (non-hydrogen) atoms. The maximum Gasteiger partial charge on any atom is 0.186 e. The van der Waals surface area contributed by atoms with Crippen molar-refractivity contribution in [3.8, 4) is 0 Å². The molecule has 0 aliphatic heterocycles. The van der Waals surface area contributed by atoms with E-state index in [2.05, 4.69) is 19.2 Å². The number of guanidine groups is 1. The molecule has 0 atom stereocenters. The van der Waals surface area contributed by atoms with E-state index in [-0.39, 0.29) is 11.5 Å². The van der Waals surface area contributed by atoms with Crippen LogP contribution in [0.15, 0.2) is 0 Å². The van der Waals surface area contributed by atoms with Gasteiger partial charge in [0.15, 0.2) is 5.96 Å². The van der Waals surface area contributed by atoms with Gasteiger partial charge in [0.05, 0.1) is 5.54 Å². The topological polar surface area (TPSA) is 87.9 Å². The molecule has 0 rings (SSSR count). The molecule has 0 radical (unpaired) electrons. The molecule has 0 heterocycles. The Labute approximate surface area is 80.6 Å². The molecular weight excluding hydrogens is 164 g/mol. The molecule has 4 heteroatoms. The van der Waals surface area contributed by atoms with Crippen LogP contribution in [0.1, 0.15) is 39.5 Å². The second kappa shape index (κ2) is 5.80. The summed E-state index contributed by atoms with van der Waals surface area (Å²) in [7, 11) is 0. The molecule has 4 nitrogen and oxygen atoms in total. The molecule has 0 aromatic carbocycles. The largest absolute Gasteiger partial charge is 0.370 e. The van der Waals surface area contributed by atoms with Gasteiger partial charge in [-0.1, -0.05) is 26.7 Å². The fraction of sp³-hybridized carbons (Fsp3) is 0.889. The van der Waals surface area contributed by atoms with Gasteiger partial charge in [0.2, 0.25) is 0 Å². The standard InChI is InChI=1S/C9H22N4/c1-3-5-9(7-10,6-4-2)13-8(11)12/h3-7,10H2,1-2H3,(H4,11,12,13). The first-order valence-electron chi connectivity index (χ1n) is 4.92. The average Bonchev–Trinajstić information content (AvgIpc) is 2.04. The van der Waals surface area contributed by atoms with E-state index in [0.29, 0.717) is 6.54 Å². The van der Waals surface area contributed by atoms with E-state index in [9.17, 15) is 0 Å². The van der Waals surface area contributed by atoms with Crippen LogP contribution >= 0.6 is 0 Å². The van der Waals surface area contributed by atoms with Gasteiger partial charge in [0.1, 0.15) is 0 Å². The van der Waals surface area contributed by atoms with E-state index >= 15 is 0 Å². The summed E-state index contributed by atoms with van der Waals surface area (Å²) in [6.07, 6.45) is 4.04. The third-order valence-corrected chi connectivity index (χ3v) is 2.25. The van der Waals surface area contributed by atoms with Crippen LogP contribution in [0.2, 0.25) is 0 Å². The highest BCUT2D eigenvalue weighted by atomic mass is 15.1. The number of nitrogens with one attached hydrogen (secondary N) is 2. The van der Waals surface area contributed by atoms with E-state index < -0.39 is 0 Å². The molecule has 0 aliphatic carbocycles. The zero-order valence-electron chi connectivity index (χ0n) is 8.69. The van der Waals surface area contributed by atoms with Crippen LogP contribution in [-0.4, -0.2) is 18.0 Å². The van der Waals surface area contributed by atoms with E-state index in [0.717, 1.165) is 25.7 Å². The first-order chi connectivity index (χ1) is 6.10. The maximum atomic E-state index is 7.22. The second-order valence-electron chi connectivity index (χ2n) is 3.52. The predicted octanol–water partition coefficient (Wildman–Crippen LogP) is 0.767. The average molecular weight is 186 g/mol. The van der Waals surface area contributed by atoms with Gasteiger partial charge < -0.3 is 16.8 Å². The minimum absolute atomic E-state index is 0.0207. The summed E-state index contributed by atoms with van der Waals surface area (Å²) < 4.78 is 0. The lowest BCUT2D eigenvalue weighted by molar-refractivity contribution is 0.326. The number of hydrogen-bond acceptors (Lipinski definition) is 2. The Kier molecular flexibility index (Phi) is 5.46. The Morgan fingerprint density at radius 1 is 1.31 bits per heavy atom. The predicted molar refractivity (Wildman–Crippen MR) is 56.7 cm³/mol. The van der Waals surface area contributed by atoms with Gasteiger partial charge in [-0.2, -0.15) is 0 Å². The fourth-order valence-corrected chi connectivity index (χ4v) is 1.75. The molecule has 0 aromatic heterocycles. The van der Waals surface area contributed by atoms with Crippen LogP contribution < -0.4 is 16.8 Å². The van der Waals surface area contributed by atoms with Crippen molar-refractivity contribution in [1.82, 2.24) is 5.32 Å². The molecule has 0 saturated heterocycles. The van der Waals surface area contributed by atoms with Crippen molar-refractivity contribution >= 4 is 5.96 Å². The first-order valence-corrected chi connectivity index (χ1v) is 4.92. The monoisotopic (exact) mass is 186 g/mol. The van der Waals surface area contributed by atoms with Crippen molar-refractivity contribution in [2.24, 2.45) is 11.5 Å². The molecule has 0 unspecified atom stereocenters. The van der Waals surface area contributed by atoms with Crippen LogP contribution in [-0.2, 0) is 0 Å². The van der Waals surface area contributed by atoms with Gasteiger partial charge in [0, 0.05) is 6.54 Å². The number of hydrogen-bond donors (Lipinski definition) is 4. The van der Waals surface area contributed by atoms with Crippen LogP contribution in [0.5, 0.6) is 0 Å². The lowest BCUT2D eigenvalue weighted by atomic mass is 9.89. The summed E-state index contributed by atoms with van der Waals surface area (Å²) in [6.45, 7) is 4.76. The smallest absolute Gasteiger partial charge is 0.186 e. The summed E-state index contributed by atoms with van der Waals surface area (Å²) in [5.74, 6) is 0.0207. The molecule has 6 N–H and O–H groups in total. The Morgan fingerprint density at radius 3 is 2.00 bits per heavy atom. The summed E-state index contributed by atoms with van der Waals surface area (Å²) in [4.78, 5) is 0. The van der Waals surface area contributed by atoms with Crippen LogP contribution in [0.3, 0.4) is 0 Å². The van der Waals surface area contributed by atoms with E-state index in [4.69, 9.17) is 16.9 Å². The van der Waals surface area contributed by atoms with Crippen LogP contribution in [0.4, 0.5) is 0 Å². The second-order valence-corrected chi connectivity index (χ2v) is 3.52. The molecule has 0 fully saturated rings. The van der Waals surface area contributed by atoms with Gasteiger partial charge in [0.25, 0.3) is 0 Å². The zero-order chi connectivity index (χ0) is 10.3. The molecule has 0 saturated carbocycles. The summed E-state index contributed by atoms with van der Waals surface area (Å²) in [5.41, 5.74) is 10.9. The van der Waals surface area contributed by atoms with Crippen molar-refractivity contribution in [1.29, 1.82) is 5.41 Å². The quantitative estimate of drug-likeness (QED) is 0.365. The Bertz CT molecular complexity index is 150. The lowest BCUT2D eigenvalue weighted by Crippen LogP contribution is -2.55. The molecule has 0 aliphatic rings. The Morgan fingerprint density at radius 2 is 1.77 bits per heavy atom. The van der Waals surface area contributed by atoms with Crippen molar-refractivity contribution in [3.05, 3.63) is 0 Å². The van der Waals surface area contributed by atoms with Gasteiger partial charge in [-0.05, 0) is 12.8 Å². The van der Waals surface area contributed by atoms with Gasteiger partial charge in [-0.25, -0.2) is 0 Å². The minimum atomic E-state index is -0.157. The first kappa shape index (κ1) is 12.2. The lowest BCUT2D eigenvalue weighted by Gasteiger charge is -2.33. The fourth-order valence-electron chi connectivity index (χ4n) is 1.75. The molecule has 0 amide bonds. The molecule has 78 valence electrons. The zero-order valence-corrected chi connectivity index (χ0v) is 8.69. The third kappa shape index (κ3) is 4.12. The van der Waals surface area contributed by atoms with Crippen LogP contribution in [0, 0.1) is 5.41 Å². The highest BCUT2D eigenvalue weighted by Crippen LogP contribution is 2.17. The molecule has 0 spiro atoms. The highest BCUT2D eigenvalue weighted by molar-refractivity contribution is 5.75. The van der Waals surface area contributed by atoms with Crippen LogP contribution in [0.25, 0.3) is 0 Å². The van der Waals surface area contributed by atoms with E-state index in [1.54, 1.807) is 0 Å². The maximum absolute atomic E-state index is 7.22. The summed E-state index contributed by atoms with van der Waals surface area (Å²) in [6, 6.07) is 0.